The summed E-state index contributed by atoms with van der Waals surface area (Å²) in [7, 11) is -2.48. The highest BCUT2D eigenvalue weighted by Gasteiger charge is 2.25. The number of anilines is 1. The number of aryl methyl sites for hydroxylation is 1. The van der Waals surface area contributed by atoms with Gasteiger partial charge in [0.05, 0.1) is 12.1 Å². The van der Waals surface area contributed by atoms with E-state index in [1.807, 2.05) is 6.92 Å². The molecule has 0 radical (unpaired) electrons. The van der Waals surface area contributed by atoms with Crippen LogP contribution in [0.25, 0.3) is 22.4 Å². The summed E-state index contributed by atoms with van der Waals surface area (Å²) >= 11 is 6.15. The van der Waals surface area contributed by atoms with Crippen LogP contribution >= 0.6 is 11.6 Å². The number of fused-ring (bicyclic) bond motifs is 1. The summed E-state index contributed by atoms with van der Waals surface area (Å²) < 4.78 is 40.1. The largest absolute Gasteiger partial charge is 0.497 e. The molecule has 0 spiro atoms. The second-order valence-corrected chi connectivity index (χ2v) is 11.9. The van der Waals surface area contributed by atoms with E-state index in [-0.39, 0.29) is 16.0 Å². The number of ether oxygens (including phenoxy) is 2. The Morgan fingerprint density at radius 3 is 2.49 bits per heavy atom. The highest BCUT2D eigenvalue weighted by Crippen LogP contribution is 2.32. The lowest BCUT2D eigenvalue weighted by molar-refractivity contribution is 0.0824. The molecule has 0 atom stereocenters. The maximum absolute atomic E-state index is 13.0. The Morgan fingerprint density at radius 2 is 1.82 bits per heavy atom. The predicted octanol–water partition coefficient (Wildman–Crippen LogP) is 5.04. The lowest BCUT2D eigenvalue weighted by Crippen LogP contribution is -2.41. The number of H-pyrrole nitrogens is 1. The zero-order valence-corrected chi connectivity index (χ0v) is 23.8. The number of aromatic amines is 1. The SMILES string of the molecule is COc1ccc(Cl)c(S(=O)(=O)Nc2ccc(-c3nc(OC4CCN(C(C)C)CC4)c4c(C)[nH]nc4n3)cc2)c1. The Balaban J connectivity index is 1.38. The van der Waals surface area contributed by atoms with Gasteiger partial charge in [0.25, 0.3) is 10.0 Å². The minimum atomic E-state index is -3.94. The number of rotatable bonds is 8. The van der Waals surface area contributed by atoms with Crippen LogP contribution in [0.15, 0.2) is 47.4 Å². The lowest BCUT2D eigenvalue weighted by atomic mass is 10.1. The number of hydrogen-bond acceptors (Lipinski definition) is 8. The third-order valence-electron chi connectivity index (χ3n) is 6.87. The first-order valence-corrected chi connectivity index (χ1v) is 14.6. The third kappa shape index (κ3) is 5.80. The second-order valence-electron chi connectivity index (χ2n) is 9.83. The number of nitrogens with one attached hydrogen (secondary N) is 2. The smallest absolute Gasteiger partial charge is 0.263 e. The fourth-order valence-corrected chi connectivity index (χ4v) is 6.20. The van der Waals surface area contributed by atoms with Gasteiger partial charge in [-0.05, 0) is 70.0 Å². The number of aromatic nitrogens is 4. The Kier molecular flexibility index (Phi) is 7.66. The molecule has 0 unspecified atom stereocenters. The quantitative estimate of drug-likeness (QED) is 0.302. The number of methoxy groups -OCH3 is 1. The number of piperidine rings is 1. The van der Waals surface area contributed by atoms with Crippen molar-refractivity contribution in [2.45, 2.75) is 50.7 Å². The number of sulfonamides is 1. The van der Waals surface area contributed by atoms with E-state index in [1.54, 1.807) is 30.3 Å². The molecule has 2 N–H and O–H groups in total. The average Bonchev–Trinajstić information content (AvgIpc) is 3.30. The Hall–Kier alpha value is -3.41. The van der Waals surface area contributed by atoms with Gasteiger partial charge in [-0.25, -0.2) is 13.4 Å². The molecule has 10 nitrogen and oxygen atoms in total. The number of halogens is 1. The zero-order chi connectivity index (χ0) is 27.7. The van der Waals surface area contributed by atoms with E-state index in [1.165, 1.54) is 19.2 Å². The molecule has 2 aromatic heterocycles. The molecule has 1 fully saturated rings. The Morgan fingerprint density at radius 1 is 1.10 bits per heavy atom. The van der Waals surface area contributed by atoms with Crippen molar-refractivity contribution in [1.29, 1.82) is 0 Å². The lowest BCUT2D eigenvalue weighted by Gasteiger charge is -2.34. The van der Waals surface area contributed by atoms with Crippen molar-refractivity contribution in [3.8, 4) is 23.0 Å². The van der Waals surface area contributed by atoms with Gasteiger partial charge in [0.2, 0.25) is 5.88 Å². The van der Waals surface area contributed by atoms with E-state index in [2.05, 4.69) is 38.7 Å². The van der Waals surface area contributed by atoms with E-state index in [4.69, 9.17) is 26.1 Å². The maximum Gasteiger partial charge on any atom is 0.263 e. The van der Waals surface area contributed by atoms with E-state index in [0.29, 0.717) is 40.4 Å². The first-order chi connectivity index (χ1) is 18.6. The summed E-state index contributed by atoms with van der Waals surface area (Å²) in [6, 6.07) is 11.8. The monoisotopic (exact) mass is 570 g/mol. The minimum Gasteiger partial charge on any atom is -0.497 e. The number of nitrogens with zero attached hydrogens (tertiary/aromatic N) is 4. The molecule has 206 valence electrons. The second kappa shape index (κ2) is 11.0. The van der Waals surface area contributed by atoms with Gasteiger partial charge < -0.3 is 14.4 Å². The van der Waals surface area contributed by atoms with E-state index in [9.17, 15) is 8.42 Å². The van der Waals surface area contributed by atoms with Crippen LogP contribution in [0.1, 0.15) is 32.4 Å². The molecule has 2 aromatic carbocycles. The molecule has 5 rings (SSSR count). The summed E-state index contributed by atoms with van der Waals surface area (Å²) in [6.45, 7) is 8.29. The molecule has 0 aliphatic carbocycles. The van der Waals surface area contributed by atoms with Crippen molar-refractivity contribution in [1.82, 2.24) is 25.1 Å². The normalized spacial score (nSPS) is 15.1. The first-order valence-electron chi connectivity index (χ1n) is 12.7. The van der Waals surface area contributed by atoms with Crippen molar-refractivity contribution < 1.29 is 17.9 Å². The van der Waals surface area contributed by atoms with Gasteiger partial charge in [0, 0.05) is 42.1 Å². The van der Waals surface area contributed by atoms with Crippen molar-refractivity contribution in [3.63, 3.8) is 0 Å². The predicted molar refractivity (Wildman–Crippen MR) is 151 cm³/mol. The Bertz CT molecular complexity index is 1580. The molecule has 39 heavy (non-hydrogen) atoms. The average molecular weight is 571 g/mol. The number of benzene rings is 2. The van der Waals surface area contributed by atoms with Gasteiger partial charge in [-0.1, -0.05) is 11.6 Å². The zero-order valence-electron chi connectivity index (χ0n) is 22.2. The van der Waals surface area contributed by atoms with Crippen molar-refractivity contribution in [2.24, 2.45) is 0 Å². The standard InChI is InChI=1S/C27H31ClN6O4S/c1-16(2)34-13-11-20(12-14-34)38-27-24-17(3)31-32-26(24)29-25(30-27)18-5-7-19(8-6-18)33-39(35,36)23-15-21(37-4)9-10-22(23)28/h5-10,15-16,20,33H,11-14H2,1-4H3,(H,29,30,31,32). The van der Waals surface area contributed by atoms with Crippen molar-refractivity contribution >= 4 is 38.3 Å². The third-order valence-corrected chi connectivity index (χ3v) is 8.73. The van der Waals surface area contributed by atoms with Gasteiger partial charge in [-0.3, -0.25) is 9.82 Å². The number of likely N-dealkylation sites (tertiary alicyclic amines) is 1. The molecule has 12 heteroatoms. The van der Waals surface area contributed by atoms with Crippen LogP contribution < -0.4 is 14.2 Å². The van der Waals surface area contributed by atoms with Crippen LogP contribution in [-0.4, -0.2) is 65.8 Å². The van der Waals surface area contributed by atoms with E-state index >= 15 is 0 Å². The minimum absolute atomic E-state index is 0.0560. The van der Waals surface area contributed by atoms with Crippen LogP contribution in [0, 0.1) is 6.92 Å². The molecule has 4 aromatic rings. The maximum atomic E-state index is 13.0. The summed E-state index contributed by atoms with van der Waals surface area (Å²) in [5.74, 6) is 1.33. The molecular weight excluding hydrogens is 540 g/mol. The van der Waals surface area contributed by atoms with Crippen LogP contribution in [0.5, 0.6) is 11.6 Å². The molecule has 1 aliphatic rings. The molecule has 0 bridgehead atoms. The molecule has 1 aliphatic heterocycles. The van der Waals surface area contributed by atoms with Gasteiger partial charge in [0.15, 0.2) is 11.5 Å². The summed E-state index contributed by atoms with van der Waals surface area (Å²) in [5.41, 5.74) is 2.42. The fourth-order valence-electron chi connectivity index (χ4n) is 4.63. The fraction of sp³-hybridized carbons (Fsp3) is 0.370. The summed E-state index contributed by atoms with van der Waals surface area (Å²) in [6.07, 6.45) is 1.89. The molecule has 0 amide bonds. The summed E-state index contributed by atoms with van der Waals surface area (Å²) in [5, 5.41) is 8.18. The van der Waals surface area contributed by atoms with Crippen LogP contribution in [0.4, 0.5) is 5.69 Å². The molecule has 0 saturated carbocycles. The molecule has 3 heterocycles. The van der Waals surface area contributed by atoms with Crippen LogP contribution in [0.2, 0.25) is 5.02 Å². The van der Waals surface area contributed by atoms with Gasteiger partial charge in [-0.2, -0.15) is 10.1 Å². The highest BCUT2D eigenvalue weighted by atomic mass is 35.5. The topological polar surface area (TPSA) is 122 Å². The van der Waals surface area contributed by atoms with Crippen molar-refractivity contribution in [2.75, 3.05) is 24.9 Å². The van der Waals surface area contributed by atoms with Gasteiger partial charge in [-0.15, -0.1) is 0 Å². The summed E-state index contributed by atoms with van der Waals surface area (Å²) in [4.78, 5) is 11.8. The van der Waals surface area contributed by atoms with Crippen LogP contribution in [0.3, 0.4) is 0 Å². The van der Waals surface area contributed by atoms with Gasteiger partial charge >= 0.3 is 0 Å². The van der Waals surface area contributed by atoms with Crippen molar-refractivity contribution in [3.05, 3.63) is 53.2 Å². The van der Waals surface area contributed by atoms with Gasteiger partial charge in [0.1, 0.15) is 22.1 Å². The molecular formula is C27H31ClN6O4S. The molecule has 1 saturated heterocycles. The Labute approximate surface area is 232 Å². The highest BCUT2D eigenvalue weighted by molar-refractivity contribution is 7.92. The first kappa shape index (κ1) is 27.2. The van der Waals surface area contributed by atoms with E-state index in [0.717, 1.165) is 37.0 Å². The van der Waals surface area contributed by atoms with Crippen LogP contribution in [-0.2, 0) is 10.0 Å². The number of hydrogen-bond donors (Lipinski definition) is 2. The van der Waals surface area contributed by atoms with E-state index < -0.39 is 10.0 Å².